The van der Waals surface area contributed by atoms with Crippen LogP contribution < -0.4 is 4.90 Å². The Labute approximate surface area is 153 Å². The molecule has 1 aliphatic heterocycles. The van der Waals surface area contributed by atoms with E-state index < -0.39 is 18.2 Å². The summed E-state index contributed by atoms with van der Waals surface area (Å²) in [6.45, 7) is 4.38. The summed E-state index contributed by atoms with van der Waals surface area (Å²) in [7, 11) is 0. The van der Waals surface area contributed by atoms with Gasteiger partial charge in [0.2, 0.25) is 6.10 Å². The van der Waals surface area contributed by atoms with Gasteiger partial charge in [0.05, 0.1) is 5.69 Å². The molecule has 1 amide bonds. The molecule has 1 atom stereocenters. The number of anilines is 1. The van der Waals surface area contributed by atoms with Gasteiger partial charge >= 0.3 is 12.1 Å². The molecule has 0 radical (unpaired) electrons. The van der Waals surface area contributed by atoms with Crippen LogP contribution in [0.3, 0.4) is 0 Å². The van der Waals surface area contributed by atoms with Gasteiger partial charge in [-0.25, -0.2) is 9.59 Å². The molecule has 0 bridgehead atoms. The normalized spacial score (nSPS) is 14.0. The summed E-state index contributed by atoms with van der Waals surface area (Å²) in [6, 6.07) is 17.2. The Hall–Kier alpha value is -2.82. The number of amides is 1. The zero-order valence-corrected chi connectivity index (χ0v) is 15.1. The maximum absolute atomic E-state index is 12.6. The molecule has 0 unspecified atom stereocenters. The Balaban J connectivity index is 1.63. The van der Waals surface area contributed by atoms with E-state index in [0.29, 0.717) is 6.54 Å². The van der Waals surface area contributed by atoms with Crippen molar-refractivity contribution in [2.45, 2.75) is 33.0 Å². The van der Waals surface area contributed by atoms with E-state index in [-0.39, 0.29) is 12.5 Å². The number of nitrogens with zero attached hydrogens (tertiary/aromatic N) is 1. The SMILES string of the molecule is CC(C)[C@H](OC(=O)N1CCc2ccccc21)C(=O)OCc1ccccc1. The first-order valence-corrected chi connectivity index (χ1v) is 8.83. The number of esters is 1. The largest absolute Gasteiger partial charge is 0.458 e. The number of ether oxygens (including phenoxy) is 2. The molecule has 5 heteroatoms. The third-order valence-corrected chi connectivity index (χ3v) is 4.40. The van der Waals surface area contributed by atoms with Crippen molar-refractivity contribution in [1.82, 2.24) is 0 Å². The highest BCUT2D eigenvalue weighted by Gasteiger charge is 2.32. The summed E-state index contributed by atoms with van der Waals surface area (Å²) in [5, 5.41) is 0. The second-order valence-electron chi connectivity index (χ2n) is 6.67. The molecule has 0 saturated carbocycles. The molecule has 5 nitrogen and oxygen atoms in total. The van der Waals surface area contributed by atoms with E-state index in [1.54, 1.807) is 4.90 Å². The minimum absolute atomic E-state index is 0.160. The highest BCUT2D eigenvalue weighted by Crippen LogP contribution is 2.28. The summed E-state index contributed by atoms with van der Waals surface area (Å²) in [4.78, 5) is 26.6. The average Bonchev–Trinajstić information content (AvgIpc) is 3.09. The van der Waals surface area contributed by atoms with Gasteiger partial charge in [-0.1, -0.05) is 62.4 Å². The minimum Gasteiger partial charge on any atom is -0.458 e. The number of para-hydroxylation sites is 1. The number of benzene rings is 2. The molecular formula is C21H23NO4. The first kappa shape index (κ1) is 18.0. The molecule has 26 heavy (non-hydrogen) atoms. The molecular weight excluding hydrogens is 330 g/mol. The van der Waals surface area contributed by atoms with Crippen LogP contribution in [0.2, 0.25) is 0 Å². The predicted octanol–water partition coefficient (Wildman–Crippen LogP) is 3.95. The lowest BCUT2D eigenvalue weighted by atomic mass is 10.1. The van der Waals surface area contributed by atoms with Crippen molar-refractivity contribution in [3.63, 3.8) is 0 Å². The lowest BCUT2D eigenvalue weighted by Gasteiger charge is -2.24. The summed E-state index contributed by atoms with van der Waals surface area (Å²) >= 11 is 0. The van der Waals surface area contributed by atoms with Crippen LogP contribution in [0.4, 0.5) is 10.5 Å². The third kappa shape index (κ3) is 4.04. The number of carbonyl (C=O) groups excluding carboxylic acids is 2. The monoisotopic (exact) mass is 353 g/mol. The fourth-order valence-corrected chi connectivity index (χ4v) is 2.97. The van der Waals surface area contributed by atoms with Crippen LogP contribution in [0.1, 0.15) is 25.0 Å². The number of rotatable bonds is 5. The van der Waals surface area contributed by atoms with Crippen molar-refractivity contribution in [2.24, 2.45) is 5.92 Å². The Kier molecular flexibility index (Phi) is 5.56. The van der Waals surface area contributed by atoms with Crippen molar-refractivity contribution in [2.75, 3.05) is 11.4 Å². The van der Waals surface area contributed by atoms with Gasteiger partial charge in [-0.3, -0.25) is 4.90 Å². The smallest absolute Gasteiger partial charge is 0.415 e. The van der Waals surface area contributed by atoms with Gasteiger partial charge in [-0.15, -0.1) is 0 Å². The van der Waals surface area contributed by atoms with Gasteiger partial charge in [0, 0.05) is 12.5 Å². The lowest BCUT2D eigenvalue weighted by Crippen LogP contribution is -2.39. The average molecular weight is 353 g/mol. The Bertz CT molecular complexity index is 773. The van der Waals surface area contributed by atoms with Gasteiger partial charge in [0.25, 0.3) is 0 Å². The molecule has 0 spiro atoms. The molecule has 1 heterocycles. The molecule has 0 aromatic heterocycles. The fourth-order valence-electron chi connectivity index (χ4n) is 2.97. The number of hydrogen-bond donors (Lipinski definition) is 0. The van der Waals surface area contributed by atoms with Crippen molar-refractivity contribution in [3.05, 3.63) is 65.7 Å². The molecule has 3 rings (SSSR count). The van der Waals surface area contributed by atoms with Crippen molar-refractivity contribution >= 4 is 17.7 Å². The number of fused-ring (bicyclic) bond motifs is 1. The zero-order valence-electron chi connectivity index (χ0n) is 15.1. The maximum atomic E-state index is 12.6. The molecule has 0 N–H and O–H groups in total. The lowest BCUT2D eigenvalue weighted by molar-refractivity contribution is -0.157. The maximum Gasteiger partial charge on any atom is 0.415 e. The molecule has 0 fully saturated rings. The summed E-state index contributed by atoms with van der Waals surface area (Å²) in [6.07, 6.45) is -0.653. The van der Waals surface area contributed by atoms with Gasteiger partial charge in [-0.05, 0) is 23.6 Å². The Morgan fingerprint density at radius 2 is 1.73 bits per heavy atom. The van der Waals surface area contributed by atoms with Crippen LogP contribution >= 0.6 is 0 Å². The summed E-state index contributed by atoms with van der Waals surface area (Å²) in [5.41, 5.74) is 2.85. The van der Waals surface area contributed by atoms with Crippen molar-refractivity contribution in [1.29, 1.82) is 0 Å². The van der Waals surface area contributed by atoms with Crippen molar-refractivity contribution < 1.29 is 19.1 Å². The van der Waals surface area contributed by atoms with Crippen LogP contribution in [-0.2, 0) is 27.3 Å². The fraction of sp³-hybridized carbons (Fsp3) is 0.333. The zero-order chi connectivity index (χ0) is 18.5. The molecule has 2 aromatic rings. The van der Waals surface area contributed by atoms with E-state index in [2.05, 4.69) is 0 Å². The van der Waals surface area contributed by atoms with E-state index >= 15 is 0 Å². The van der Waals surface area contributed by atoms with Gasteiger partial charge in [-0.2, -0.15) is 0 Å². The van der Waals surface area contributed by atoms with Gasteiger partial charge < -0.3 is 9.47 Å². The van der Waals surface area contributed by atoms with E-state index in [0.717, 1.165) is 23.2 Å². The standard InChI is InChI=1S/C21H23NO4/c1-15(2)19(20(23)25-14-16-8-4-3-5-9-16)26-21(24)22-13-12-17-10-6-7-11-18(17)22/h3-11,15,19H,12-14H2,1-2H3/t19-/m0/s1. The predicted molar refractivity (Wildman–Crippen MR) is 98.8 cm³/mol. The number of carbonyl (C=O) groups is 2. The Morgan fingerprint density at radius 3 is 2.46 bits per heavy atom. The summed E-state index contributed by atoms with van der Waals surface area (Å²) in [5.74, 6) is -0.704. The topological polar surface area (TPSA) is 55.8 Å². The quantitative estimate of drug-likeness (QED) is 0.764. The molecule has 136 valence electrons. The first-order valence-electron chi connectivity index (χ1n) is 8.83. The van der Waals surface area contributed by atoms with Crippen LogP contribution in [0.5, 0.6) is 0 Å². The van der Waals surface area contributed by atoms with Gasteiger partial charge in [0.1, 0.15) is 6.61 Å². The van der Waals surface area contributed by atoms with E-state index in [4.69, 9.17) is 9.47 Å². The molecule has 0 saturated heterocycles. The van der Waals surface area contributed by atoms with Gasteiger partial charge in [0.15, 0.2) is 0 Å². The first-order chi connectivity index (χ1) is 12.6. The van der Waals surface area contributed by atoms with Crippen LogP contribution in [0, 0.1) is 5.92 Å². The minimum atomic E-state index is -0.932. The summed E-state index contributed by atoms with van der Waals surface area (Å²) < 4.78 is 10.9. The second kappa shape index (κ2) is 8.04. The van der Waals surface area contributed by atoms with E-state index in [1.807, 2.05) is 68.4 Å². The Morgan fingerprint density at radius 1 is 1.04 bits per heavy atom. The molecule has 2 aromatic carbocycles. The van der Waals surface area contributed by atoms with E-state index in [1.165, 1.54) is 0 Å². The second-order valence-corrected chi connectivity index (χ2v) is 6.67. The molecule has 0 aliphatic carbocycles. The van der Waals surface area contributed by atoms with Crippen LogP contribution in [0.15, 0.2) is 54.6 Å². The molecule has 1 aliphatic rings. The third-order valence-electron chi connectivity index (χ3n) is 4.40. The highest BCUT2D eigenvalue weighted by atomic mass is 16.6. The van der Waals surface area contributed by atoms with E-state index in [9.17, 15) is 9.59 Å². The van der Waals surface area contributed by atoms with Crippen molar-refractivity contribution in [3.8, 4) is 0 Å². The van der Waals surface area contributed by atoms with Crippen LogP contribution in [0.25, 0.3) is 0 Å². The highest BCUT2D eigenvalue weighted by molar-refractivity contribution is 5.92. The number of hydrogen-bond acceptors (Lipinski definition) is 4. The van der Waals surface area contributed by atoms with Crippen LogP contribution in [-0.4, -0.2) is 24.7 Å².